The number of aryl methyl sites for hydroxylation is 1. The predicted molar refractivity (Wildman–Crippen MR) is 106 cm³/mol. The molecule has 0 spiro atoms. The average molecular weight is 367 g/mol. The Morgan fingerprint density at radius 2 is 2.00 bits per heavy atom. The molecule has 5 heteroatoms. The maximum Gasteiger partial charge on any atom is 0.227 e. The summed E-state index contributed by atoms with van der Waals surface area (Å²) < 4.78 is 1.83. The Morgan fingerprint density at radius 3 is 2.70 bits per heavy atom. The third-order valence-corrected chi connectivity index (χ3v) is 6.48. The lowest BCUT2D eigenvalue weighted by Crippen LogP contribution is -2.46. The van der Waals surface area contributed by atoms with Crippen LogP contribution in [0.15, 0.2) is 42.7 Å². The van der Waals surface area contributed by atoms with Gasteiger partial charge in [-0.15, -0.1) is 0 Å². The van der Waals surface area contributed by atoms with Crippen molar-refractivity contribution in [3.8, 4) is 0 Å². The van der Waals surface area contributed by atoms with E-state index >= 15 is 0 Å². The predicted octanol–water partition coefficient (Wildman–Crippen LogP) is 2.77. The van der Waals surface area contributed by atoms with Crippen LogP contribution in [0.2, 0.25) is 0 Å². The van der Waals surface area contributed by atoms with E-state index in [1.807, 2.05) is 17.9 Å². The lowest BCUT2D eigenvalue weighted by Gasteiger charge is -2.40. The van der Waals surface area contributed by atoms with Crippen LogP contribution < -0.4 is 5.32 Å². The highest BCUT2D eigenvalue weighted by molar-refractivity contribution is 5.80. The van der Waals surface area contributed by atoms with E-state index in [0.717, 1.165) is 39.0 Å². The van der Waals surface area contributed by atoms with E-state index in [1.54, 1.807) is 0 Å². The molecule has 2 saturated heterocycles. The third-order valence-electron chi connectivity index (χ3n) is 6.48. The number of aromatic nitrogens is 2. The van der Waals surface area contributed by atoms with Crippen LogP contribution in [-0.2, 0) is 11.8 Å². The number of benzene rings is 1. The highest BCUT2D eigenvalue weighted by Crippen LogP contribution is 2.37. The quantitative estimate of drug-likeness (QED) is 0.905. The van der Waals surface area contributed by atoms with Gasteiger partial charge in [0.1, 0.15) is 0 Å². The maximum atomic E-state index is 13.4. The van der Waals surface area contributed by atoms with Crippen molar-refractivity contribution in [2.45, 2.75) is 31.6 Å². The molecule has 0 radical (unpaired) electrons. The van der Waals surface area contributed by atoms with Gasteiger partial charge in [-0.1, -0.05) is 43.7 Å². The Labute approximate surface area is 161 Å². The normalized spacial score (nSPS) is 28.4. The van der Waals surface area contributed by atoms with Gasteiger partial charge < -0.3 is 10.2 Å². The van der Waals surface area contributed by atoms with Gasteiger partial charge in [-0.2, -0.15) is 5.10 Å². The smallest absolute Gasteiger partial charge is 0.227 e. The van der Waals surface area contributed by atoms with Crippen molar-refractivity contribution in [1.29, 1.82) is 0 Å². The number of carbonyl (C=O) groups excluding carboxylic acids is 1. The van der Waals surface area contributed by atoms with Crippen molar-refractivity contribution < 1.29 is 4.79 Å². The zero-order chi connectivity index (χ0) is 18.8. The summed E-state index contributed by atoms with van der Waals surface area (Å²) in [5.74, 6) is 1.68. The molecule has 1 amide bonds. The molecule has 4 atom stereocenters. The first-order valence-corrected chi connectivity index (χ1v) is 10.2. The molecule has 4 rings (SSSR count). The summed E-state index contributed by atoms with van der Waals surface area (Å²) in [6.07, 6.45) is 6.13. The van der Waals surface area contributed by atoms with E-state index in [0.29, 0.717) is 17.7 Å². The van der Waals surface area contributed by atoms with Gasteiger partial charge in [0.05, 0.1) is 12.1 Å². The molecule has 5 nitrogen and oxygen atoms in total. The molecule has 0 aliphatic carbocycles. The SMILES string of the molecule is CCC1CN(C(=O)[C@H]2CNC[C@@H]2c2cnn(C)c2)CCC1c1ccccc1. The molecule has 3 heterocycles. The lowest BCUT2D eigenvalue weighted by atomic mass is 9.78. The number of hydrogen-bond donors (Lipinski definition) is 1. The maximum absolute atomic E-state index is 13.4. The molecule has 1 aromatic heterocycles. The summed E-state index contributed by atoms with van der Waals surface area (Å²) in [7, 11) is 1.93. The fourth-order valence-electron chi connectivity index (χ4n) is 4.94. The standard InChI is InChI=1S/C22H30N4O/c1-3-16-15-26(10-9-19(16)17-7-5-4-6-8-17)22(27)21-13-23-12-20(21)18-11-24-25(2)14-18/h4-8,11,14,16,19-21,23H,3,9-10,12-13,15H2,1-2H3/t16?,19?,20-,21+/m1/s1. The molecule has 2 unspecified atom stereocenters. The van der Waals surface area contributed by atoms with Crippen LogP contribution in [0.1, 0.15) is 42.7 Å². The number of amides is 1. The van der Waals surface area contributed by atoms with Gasteiger partial charge in [0.25, 0.3) is 0 Å². The van der Waals surface area contributed by atoms with Crippen molar-refractivity contribution in [2.75, 3.05) is 26.2 Å². The summed E-state index contributed by atoms with van der Waals surface area (Å²) in [6, 6.07) is 10.8. The van der Waals surface area contributed by atoms with Gasteiger partial charge in [0.15, 0.2) is 0 Å². The Balaban J connectivity index is 1.46. The van der Waals surface area contributed by atoms with Crippen molar-refractivity contribution in [3.63, 3.8) is 0 Å². The minimum absolute atomic E-state index is 0.0278. The molecule has 0 saturated carbocycles. The van der Waals surface area contributed by atoms with Gasteiger partial charge in [-0.05, 0) is 29.4 Å². The molecular weight excluding hydrogens is 336 g/mol. The highest BCUT2D eigenvalue weighted by atomic mass is 16.2. The van der Waals surface area contributed by atoms with E-state index < -0.39 is 0 Å². The van der Waals surface area contributed by atoms with Crippen LogP contribution in [-0.4, -0.2) is 46.8 Å². The largest absolute Gasteiger partial charge is 0.342 e. The molecular formula is C22H30N4O. The van der Waals surface area contributed by atoms with Crippen molar-refractivity contribution in [3.05, 3.63) is 53.9 Å². The van der Waals surface area contributed by atoms with Crippen molar-refractivity contribution in [1.82, 2.24) is 20.0 Å². The second kappa shape index (κ2) is 7.85. The van der Waals surface area contributed by atoms with E-state index in [1.165, 1.54) is 11.1 Å². The minimum Gasteiger partial charge on any atom is -0.342 e. The Morgan fingerprint density at radius 1 is 1.19 bits per heavy atom. The number of carbonyl (C=O) groups is 1. The van der Waals surface area contributed by atoms with Gasteiger partial charge in [-0.3, -0.25) is 9.48 Å². The zero-order valence-corrected chi connectivity index (χ0v) is 16.3. The molecule has 2 aliphatic rings. The van der Waals surface area contributed by atoms with Crippen LogP contribution in [0, 0.1) is 11.8 Å². The Kier molecular flexibility index (Phi) is 5.30. The summed E-state index contributed by atoms with van der Waals surface area (Å²) >= 11 is 0. The number of hydrogen-bond acceptors (Lipinski definition) is 3. The van der Waals surface area contributed by atoms with Crippen LogP contribution in [0.4, 0.5) is 0 Å². The van der Waals surface area contributed by atoms with Crippen molar-refractivity contribution >= 4 is 5.91 Å². The number of piperidine rings is 1. The highest BCUT2D eigenvalue weighted by Gasteiger charge is 2.39. The number of likely N-dealkylation sites (tertiary alicyclic amines) is 1. The Hall–Kier alpha value is -2.14. The third kappa shape index (κ3) is 3.65. The van der Waals surface area contributed by atoms with E-state index in [4.69, 9.17) is 0 Å². The lowest BCUT2D eigenvalue weighted by molar-refractivity contribution is -0.137. The van der Waals surface area contributed by atoms with E-state index in [-0.39, 0.29) is 11.8 Å². The van der Waals surface area contributed by atoms with Crippen LogP contribution in [0.3, 0.4) is 0 Å². The average Bonchev–Trinajstić information content (AvgIpc) is 3.36. The van der Waals surface area contributed by atoms with Gasteiger partial charge in [-0.25, -0.2) is 0 Å². The van der Waals surface area contributed by atoms with Crippen LogP contribution in [0.5, 0.6) is 0 Å². The second-order valence-electron chi connectivity index (χ2n) is 8.08. The second-order valence-corrected chi connectivity index (χ2v) is 8.08. The van der Waals surface area contributed by atoms with Crippen LogP contribution >= 0.6 is 0 Å². The zero-order valence-electron chi connectivity index (χ0n) is 16.3. The summed E-state index contributed by atoms with van der Waals surface area (Å²) in [6.45, 7) is 5.63. The van der Waals surface area contributed by atoms with Gasteiger partial charge in [0, 0.05) is 45.3 Å². The molecule has 27 heavy (non-hydrogen) atoms. The summed E-state index contributed by atoms with van der Waals surface area (Å²) in [5.41, 5.74) is 2.60. The Bertz CT molecular complexity index is 772. The molecule has 144 valence electrons. The molecule has 2 fully saturated rings. The number of rotatable bonds is 4. The monoisotopic (exact) mass is 366 g/mol. The number of nitrogens with one attached hydrogen (secondary N) is 1. The molecule has 2 aromatic rings. The molecule has 1 N–H and O–H groups in total. The van der Waals surface area contributed by atoms with E-state index in [2.05, 4.69) is 58.8 Å². The fraction of sp³-hybridized carbons (Fsp3) is 0.545. The van der Waals surface area contributed by atoms with Gasteiger partial charge in [0.2, 0.25) is 5.91 Å². The summed E-state index contributed by atoms with van der Waals surface area (Å²) in [5, 5.41) is 7.73. The topological polar surface area (TPSA) is 50.2 Å². The molecule has 0 bridgehead atoms. The van der Waals surface area contributed by atoms with Gasteiger partial charge >= 0.3 is 0 Å². The number of nitrogens with zero attached hydrogens (tertiary/aromatic N) is 3. The first kappa shape index (κ1) is 18.2. The van der Waals surface area contributed by atoms with Crippen LogP contribution in [0.25, 0.3) is 0 Å². The van der Waals surface area contributed by atoms with Crippen molar-refractivity contribution in [2.24, 2.45) is 18.9 Å². The minimum atomic E-state index is 0.0278. The summed E-state index contributed by atoms with van der Waals surface area (Å²) in [4.78, 5) is 15.5. The fourth-order valence-corrected chi connectivity index (χ4v) is 4.94. The van der Waals surface area contributed by atoms with E-state index in [9.17, 15) is 4.79 Å². The molecule has 2 aliphatic heterocycles. The molecule has 1 aromatic carbocycles. The first-order chi connectivity index (χ1) is 13.2. The first-order valence-electron chi connectivity index (χ1n) is 10.2.